The number of anilines is 1. The van der Waals surface area contributed by atoms with Gasteiger partial charge in [-0.05, 0) is 32.0 Å². The van der Waals surface area contributed by atoms with Crippen molar-refractivity contribution in [3.8, 4) is 34.6 Å². The fraction of sp³-hybridized carbons (Fsp3) is 0.273. The molecule has 11 nitrogen and oxygen atoms in total. The van der Waals surface area contributed by atoms with Crippen LogP contribution in [0, 0.1) is 6.92 Å². The second-order valence-corrected chi connectivity index (χ2v) is 9.04. The maximum absolute atomic E-state index is 11.9. The highest BCUT2D eigenvalue weighted by Crippen LogP contribution is 2.39. The average molecular weight is 487 g/mol. The molecule has 3 heterocycles. The molecule has 3 aromatic heterocycles. The molecule has 0 unspecified atom stereocenters. The Morgan fingerprint density at radius 1 is 1.03 bits per heavy atom. The van der Waals surface area contributed by atoms with E-state index in [1.165, 1.54) is 0 Å². The number of rotatable bonds is 8. The van der Waals surface area contributed by atoms with Gasteiger partial charge < -0.3 is 14.2 Å². The number of hydrogen-bond donors (Lipinski definition) is 1. The van der Waals surface area contributed by atoms with Crippen molar-refractivity contribution in [2.24, 2.45) is 0 Å². The summed E-state index contributed by atoms with van der Waals surface area (Å²) in [5.74, 6) is 1.97. The second kappa shape index (κ2) is 9.14. The van der Waals surface area contributed by atoms with E-state index in [1.54, 1.807) is 56.0 Å². The van der Waals surface area contributed by atoms with Crippen LogP contribution in [0.3, 0.4) is 0 Å². The SMILES string of the molecule is CCOc1cccc(-c2nc3nnc(NS(C)(=O)=O)c(C)c3n2-c2c(OC)cccc2OC)n1.[HH]. The molecule has 0 atom stereocenters. The highest BCUT2D eigenvalue weighted by Gasteiger charge is 2.25. The summed E-state index contributed by atoms with van der Waals surface area (Å²) in [7, 11) is -0.489. The Morgan fingerprint density at radius 2 is 1.71 bits per heavy atom. The molecule has 0 bridgehead atoms. The molecular weight excluding hydrogens is 460 g/mol. The van der Waals surface area contributed by atoms with Gasteiger partial charge in [0.15, 0.2) is 11.6 Å². The van der Waals surface area contributed by atoms with Gasteiger partial charge in [0.05, 0.1) is 27.1 Å². The third-order valence-electron chi connectivity index (χ3n) is 4.97. The maximum Gasteiger partial charge on any atom is 0.231 e. The van der Waals surface area contributed by atoms with Gasteiger partial charge in [-0.3, -0.25) is 9.29 Å². The first-order chi connectivity index (χ1) is 16.3. The molecular formula is C22H26N6O5S. The summed E-state index contributed by atoms with van der Waals surface area (Å²) in [6, 6.07) is 10.7. The Balaban J connectivity index is 0.00000342. The van der Waals surface area contributed by atoms with Crippen molar-refractivity contribution in [3.63, 3.8) is 0 Å². The van der Waals surface area contributed by atoms with Gasteiger partial charge in [0.2, 0.25) is 21.6 Å². The van der Waals surface area contributed by atoms with Crippen LogP contribution in [-0.4, -0.2) is 60.2 Å². The molecule has 0 amide bonds. The van der Waals surface area contributed by atoms with Crippen LogP contribution in [0.2, 0.25) is 0 Å². The van der Waals surface area contributed by atoms with E-state index < -0.39 is 10.0 Å². The zero-order valence-electron chi connectivity index (χ0n) is 19.4. The second-order valence-electron chi connectivity index (χ2n) is 7.30. The molecule has 12 heteroatoms. The van der Waals surface area contributed by atoms with Crippen LogP contribution in [0.4, 0.5) is 5.82 Å². The van der Waals surface area contributed by atoms with E-state index in [4.69, 9.17) is 19.2 Å². The number of ether oxygens (including phenoxy) is 3. The number of imidazole rings is 1. The zero-order valence-corrected chi connectivity index (χ0v) is 20.2. The minimum Gasteiger partial charge on any atom is -0.494 e. The van der Waals surface area contributed by atoms with Crippen LogP contribution in [0.25, 0.3) is 28.4 Å². The summed E-state index contributed by atoms with van der Waals surface area (Å²) in [6.07, 6.45) is 1.05. The van der Waals surface area contributed by atoms with Crippen LogP contribution in [0.15, 0.2) is 36.4 Å². The van der Waals surface area contributed by atoms with Gasteiger partial charge in [-0.15, -0.1) is 10.2 Å². The van der Waals surface area contributed by atoms with Crippen molar-refractivity contribution in [2.45, 2.75) is 13.8 Å². The lowest BCUT2D eigenvalue weighted by molar-refractivity contribution is 0.327. The van der Waals surface area contributed by atoms with Crippen LogP contribution < -0.4 is 18.9 Å². The molecule has 0 aliphatic heterocycles. The van der Waals surface area contributed by atoms with Gasteiger partial charge in [-0.1, -0.05) is 12.1 Å². The topological polar surface area (TPSA) is 130 Å². The van der Waals surface area contributed by atoms with Crippen LogP contribution in [0.5, 0.6) is 17.4 Å². The third-order valence-corrected chi connectivity index (χ3v) is 5.53. The fourth-order valence-electron chi connectivity index (χ4n) is 3.58. The number of nitrogens with one attached hydrogen (secondary N) is 1. The van der Waals surface area contributed by atoms with E-state index >= 15 is 0 Å². The van der Waals surface area contributed by atoms with Crippen LogP contribution in [0.1, 0.15) is 13.9 Å². The number of hydrogen-bond acceptors (Lipinski definition) is 9. The lowest BCUT2D eigenvalue weighted by Gasteiger charge is -2.17. The number of sulfonamides is 1. The van der Waals surface area contributed by atoms with Crippen molar-refractivity contribution in [1.82, 2.24) is 24.7 Å². The molecule has 4 aromatic rings. The van der Waals surface area contributed by atoms with E-state index in [-0.39, 0.29) is 7.24 Å². The molecule has 0 fully saturated rings. The molecule has 0 saturated carbocycles. The van der Waals surface area contributed by atoms with Crippen molar-refractivity contribution in [1.29, 1.82) is 0 Å². The molecule has 0 spiro atoms. The highest BCUT2D eigenvalue weighted by molar-refractivity contribution is 7.92. The molecule has 4 rings (SSSR count). The molecule has 0 aliphatic rings. The lowest BCUT2D eigenvalue weighted by Crippen LogP contribution is -2.13. The maximum atomic E-state index is 11.9. The first kappa shape index (κ1) is 23.2. The number of benzene rings is 1. The van der Waals surface area contributed by atoms with Gasteiger partial charge in [0.25, 0.3) is 0 Å². The normalized spacial score (nSPS) is 11.4. The van der Waals surface area contributed by atoms with Gasteiger partial charge in [0.1, 0.15) is 28.4 Å². The van der Waals surface area contributed by atoms with Gasteiger partial charge in [-0.2, -0.15) is 0 Å². The minimum absolute atomic E-state index is 0. The molecule has 0 saturated heterocycles. The number of nitrogens with zero attached hydrogens (tertiary/aromatic N) is 5. The molecule has 0 radical (unpaired) electrons. The monoisotopic (exact) mass is 486 g/mol. The first-order valence-electron chi connectivity index (χ1n) is 10.3. The average Bonchev–Trinajstić information content (AvgIpc) is 3.20. The number of aryl methyl sites for hydroxylation is 1. The molecule has 1 aromatic carbocycles. The first-order valence-corrected chi connectivity index (χ1v) is 12.2. The largest absolute Gasteiger partial charge is 0.494 e. The smallest absolute Gasteiger partial charge is 0.231 e. The number of para-hydroxylation sites is 1. The summed E-state index contributed by atoms with van der Waals surface area (Å²) >= 11 is 0. The van der Waals surface area contributed by atoms with Crippen LogP contribution in [-0.2, 0) is 10.0 Å². The van der Waals surface area contributed by atoms with Crippen LogP contribution >= 0.6 is 0 Å². The molecule has 1 N–H and O–H groups in total. The summed E-state index contributed by atoms with van der Waals surface area (Å²) in [6.45, 7) is 4.06. The van der Waals surface area contributed by atoms with Gasteiger partial charge in [0, 0.05) is 13.1 Å². The Labute approximate surface area is 198 Å². The quantitative estimate of drug-likeness (QED) is 0.399. The molecule has 34 heavy (non-hydrogen) atoms. The van der Waals surface area contributed by atoms with E-state index in [9.17, 15) is 8.42 Å². The highest BCUT2D eigenvalue weighted by atomic mass is 32.2. The number of pyridine rings is 1. The summed E-state index contributed by atoms with van der Waals surface area (Å²) in [4.78, 5) is 9.28. The van der Waals surface area contributed by atoms with Crippen molar-refractivity contribution in [2.75, 3.05) is 31.8 Å². The summed E-state index contributed by atoms with van der Waals surface area (Å²) < 4.78 is 44.9. The van der Waals surface area contributed by atoms with Gasteiger partial charge in [-0.25, -0.2) is 18.4 Å². The van der Waals surface area contributed by atoms with E-state index in [0.717, 1.165) is 6.26 Å². The Kier molecular flexibility index (Phi) is 6.24. The van der Waals surface area contributed by atoms with Crippen molar-refractivity contribution in [3.05, 3.63) is 42.0 Å². The number of aromatic nitrogens is 5. The standard InChI is InChI=1S/C22H24N6O5S.H2/c1-6-33-17-12-7-9-14(23-17)22-24-21-18(13(2)20(25-26-21)27-34(5,29)30)28(22)19-15(31-3)10-8-11-16(19)32-4;/h7-12H,6H2,1-5H3,(H,25,27);1H. The predicted molar refractivity (Wildman–Crippen MR) is 129 cm³/mol. The minimum atomic E-state index is -3.59. The number of methoxy groups -OCH3 is 2. The van der Waals surface area contributed by atoms with E-state index in [1.807, 2.05) is 13.0 Å². The fourth-order valence-corrected chi connectivity index (χ4v) is 4.13. The third kappa shape index (κ3) is 4.31. The van der Waals surface area contributed by atoms with Gasteiger partial charge >= 0.3 is 0 Å². The molecule has 0 aliphatic carbocycles. The summed E-state index contributed by atoms with van der Waals surface area (Å²) in [5, 5.41) is 8.22. The Hall–Kier alpha value is -3.93. The van der Waals surface area contributed by atoms with E-state index in [2.05, 4.69) is 19.9 Å². The van der Waals surface area contributed by atoms with E-state index in [0.29, 0.717) is 57.9 Å². The number of fused-ring (bicyclic) bond motifs is 1. The summed E-state index contributed by atoms with van der Waals surface area (Å²) in [5.41, 5.74) is 2.39. The molecule has 180 valence electrons. The Morgan fingerprint density at radius 3 is 2.32 bits per heavy atom. The zero-order chi connectivity index (χ0) is 24.5. The Bertz CT molecular complexity index is 1450. The lowest BCUT2D eigenvalue weighted by atomic mass is 10.2. The van der Waals surface area contributed by atoms with Crippen molar-refractivity contribution >= 4 is 27.0 Å². The van der Waals surface area contributed by atoms with Crippen molar-refractivity contribution < 1.29 is 24.1 Å². The predicted octanol–water partition coefficient (Wildman–Crippen LogP) is 3.22.